The van der Waals surface area contributed by atoms with Crippen LogP contribution >= 0.6 is 0 Å². The number of carbonyl (C=O) groups excluding carboxylic acids is 1. The average molecular weight is 279 g/mol. The van der Waals surface area contributed by atoms with Gasteiger partial charge >= 0.3 is 0 Å². The molecule has 112 valence electrons. The van der Waals surface area contributed by atoms with Crippen molar-refractivity contribution in [3.63, 3.8) is 0 Å². The predicted octanol–water partition coefficient (Wildman–Crippen LogP) is 2.29. The second-order valence-corrected chi connectivity index (χ2v) is 5.04. The van der Waals surface area contributed by atoms with Crippen LogP contribution in [0.5, 0.6) is 5.75 Å². The molecule has 1 aromatic rings. The molecule has 0 saturated carbocycles. The van der Waals surface area contributed by atoms with Crippen LogP contribution in [0.2, 0.25) is 0 Å². The summed E-state index contributed by atoms with van der Waals surface area (Å²) in [5.74, 6) is 0.553. The zero-order chi connectivity index (χ0) is 15.0. The molecule has 4 heteroatoms. The van der Waals surface area contributed by atoms with Gasteiger partial charge in [0.15, 0.2) is 6.10 Å². The number of hydrogen-bond acceptors (Lipinski definition) is 3. The molecule has 0 radical (unpaired) electrons. The van der Waals surface area contributed by atoms with E-state index in [-0.39, 0.29) is 18.6 Å². The van der Waals surface area contributed by atoms with Crippen LogP contribution < -0.4 is 10.1 Å². The lowest BCUT2D eigenvalue weighted by atomic mass is 10.1. The van der Waals surface area contributed by atoms with Gasteiger partial charge in [0.25, 0.3) is 5.91 Å². The monoisotopic (exact) mass is 279 g/mol. The number of ether oxygens (including phenoxy) is 1. The zero-order valence-electron chi connectivity index (χ0n) is 12.6. The summed E-state index contributed by atoms with van der Waals surface area (Å²) in [5, 5.41) is 12.0. The molecule has 2 unspecified atom stereocenters. The van der Waals surface area contributed by atoms with E-state index in [4.69, 9.17) is 9.84 Å². The van der Waals surface area contributed by atoms with Crippen LogP contribution in [0.4, 0.5) is 0 Å². The van der Waals surface area contributed by atoms with Gasteiger partial charge in [0, 0.05) is 12.6 Å². The SMILES string of the molecule is CCCC(C)NC(=O)C(C)Oc1ccccc1CCO. The summed E-state index contributed by atoms with van der Waals surface area (Å²) < 4.78 is 5.72. The predicted molar refractivity (Wildman–Crippen MR) is 79.8 cm³/mol. The molecule has 20 heavy (non-hydrogen) atoms. The molecule has 0 heterocycles. The van der Waals surface area contributed by atoms with Gasteiger partial charge in [-0.2, -0.15) is 0 Å². The lowest BCUT2D eigenvalue weighted by Gasteiger charge is -2.19. The van der Waals surface area contributed by atoms with Crippen molar-refractivity contribution in [1.29, 1.82) is 0 Å². The maximum Gasteiger partial charge on any atom is 0.260 e. The van der Waals surface area contributed by atoms with E-state index < -0.39 is 6.10 Å². The second kappa shape index (κ2) is 8.59. The fourth-order valence-corrected chi connectivity index (χ4v) is 2.06. The van der Waals surface area contributed by atoms with Crippen molar-refractivity contribution >= 4 is 5.91 Å². The average Bonchev–Trinajstić information content (AvgIpc) is 2.41. The van der Waals surface area contributed by atoms with Crippen molar-refractivity contribution in [2.24, 2.45) is 0 Å². The van der Waals surface area contributed by atoms with E-state index in [2.05, 4.69) is 12.2 Å². The number of amides is 1. The molecule has 0 spiro atoms. The van der Waals surface area contributed by atoms with E-state index in [0.29, 0.717) is 12.2 Å². The summed E-state index contributed by atoms with van der Waals surface area (Å²) in [6.45, 7) is 5.89. The minimum Gasteiger partial charge on any atom is -0.481 e. The van der Waals surface area contributed by atoms with Crippen LogP contribution in [-0.2, 0) is 11.2 Å². The van der Waals surface area contributed by atoms with Gasteiger partial charge in [-0.15, -0.1) is 0 Å². The van der Waals surface area contributed by atoms with Crippen molar-refractivity contribution in [2.45, 2.75) is 52.2 Å². The van der Waals surface area contributed by atoms with Gasteiger partial charge in [-0.3, -0.25) is 4.79 Å². The van der Waals surface area contributed by atoms with E-state index in [1.165, 1.54) is 0 Å². The molecule has 1 amide bonds. The fourth-order valence-electron chi connectivity index (χ4n) is 2.06. The first-order chi connectivity index (χ1) is 9.58. The third kappa shape index (κ3) is 5.21. The number of benzene rings is 1. The first-order valence-electron chi connectivity index (χ1n) is 7.24. The van der Waals surface area contributed by atoms with Gasteiger partial charge in [0.05, 0.1) is 0 Å². The van der Waals surface area contributed by atoms with Crippen molar-refractivity contribution in [3.8, 4) is 5.75 Å². The van der Waals surface area contributed by atoms with Gasteiger partial charge in [-0.25, -0.2) is 0 Å². The zero-order valence-corrected chi connectivity index (χ0v) is 12.6. The number of hydrogen-bond donors (Lipinski definition) is 2. The third-order valence-corrected chi connectivity index (χ3v) is 3.14. The number of para-hydroxylation sites is 1. The Hall–Kier alpha value is -1.55. The standard InChI is InChI=1S/C16H25NO3/c1-4-7-12(2)17-16(19)13(3)20-15-9-6-5-8-14(15)10-11-18/h5-6,8-9,12-13,18H,4,7,10-11H2,1-3H3,(H,17,19). The Morgan fingerprint density at radius 1 is 1.35 bits per heavy atom. The Morgan fingerprint density at radius 2 is 2.05 bits per heavy atom. The molecule has 1 aromatic carbocycles. The summed E-state index contributed by atoms with van der Waals surface area (Å²) in [4.78, 5) is 12.0. The van der Waals surface area contributed by atoms with E-state index >= 15 is 0 Å². The lowest BCUT2D eigenvalue weighted by Crippen LogP contribution is -2.41. The maximum atomic E-state index is 12.0. The largest absolute Gasteiger partial charge is 0.481 e. The molecule has 0 aliphatic heterocycles. The summed E-state index contributed by atoms with van der Waals surface area (Å²) in [6.07, 6.45) is 1.97. The van der Waals surface area contributed by atoms with Gasteiger partial charge < -0.3 is 15.2 Å². The van der Waals surface area contributed by atoms with Gasteiger partial charge in [-0.05, 0) is 38.3 Å². The molecule has 2 atom stereocenters. The summed E-state index contributed by atoms with van der Waals surface area (Å²) >= 11 is 0. The fraction of sp³-hybridized carbons (Fsp3) is 0.562. The van der Waals surface area contributed by atoms with E-state index in [0.717, 1.165) is 18.4 Å². The van der Waals surface area contributed by atoms with E-state index in [9.17, 15) is 4.79 Å². The molecular formula is C16H25NO3. The highest BCUT2D eigenvalue weighted by Gasteiger charge is 2.17. The Labute approximate surface area is 121 Å². The molecule has 0 fully saturated rings. The Kier molecular flexibility index (Phi) is 7.09. The molecule has 0 saturated heterocycles. The highest BCUT2D eigenvalue weighted by atomic mass is 16.5. The van der Waals surface area contributed by atoms with Crippen LogP contribution in [0.25, 0.3) is 0 Å². The first kappa shape index (κ1) is 16.5. The van der Waals surface area contributed by atoms with Crippen molar-refractivity contribution in [1.82, 2.24) is 5.32 Å². The van der Waals surface area contributed by atoms with Crippen molar-refractivity contribution in [2.75, 3.05) is 6.61 Å². The highest BCUT2D eigenvalue weighted by Crippen LogP contribution is 2.19. The quantitative estimate of drug-likeness (QED) is 0.767. The van der Waals surface area contributed by atoms with Crippen LogP contribution in [0.3, 0.4) is 0 Å². The van der Waals surface area contributed by atoms with Crippen LogP contribution in [0.15, 0.2) is 24.3 Å². The second-order valence-electron chi connectivity index (χ2n) is 5.04. The molecule has 0 aliphatic rings. The molecule has 0 aliphatic carbocycles. The van der Waals surface area contributed by atoms with Crippen molar-refractivity contribution < 1.29 is 14.6 Å². The summed E-state index contributed by atoms with van der Waals surface area (Å²) in [7, 11) is 0. The summed E-state index contributed by atoms with van der Waals surface area (Å²) in [5.41, 5.74) is 0.913. The number of aliphatic hydroxyl groups excluding tert-OH is 1. The first-order valence-corrected chi connectivity index (χ1v) is 7.24. The minimum absolute atomic E-state index is 0.0640. The molecule has 4 nitrogen and oxygen atoms in total. The number of nitrogens with one attached hydrogen (secondary N) is 1. The Morgan fingerprint density at radius 3 is 2.70 bits per heavy atom. The molecule has 0 aromatic heterocycles. The van der Waals surface area contributed by atoms with Gasteiger partial charge in [0.2, 0.25) is 0 Å². The van der Waals surface area contributed by atoms with Crippen molar-refractivity contribution in [3.05, 3.63) is 29.8 Å². The van der Waals surface area contributed by atoms with Gasteiger partial charge in [0.1, 0.15) is 5.75 Å². The van der Waals surface area contributed by atoms with Crippen LogP contribution in [0.1, 0.15) is 39.2 Å². The Bertz CT molecular complexity index is 420. The Balaban J connectivity index is 2.61. The van der Waals surface area contributed by atoms with Crippen LogP contribution in [-0.4, -0.2) is 29.8 Å². The van der Waals surface area contributed by atoms with E-state index in [1.54, 1.807) is 6.92 Å². The number of aliphatic hydroxyl groups is 1. The molecular weight excluding hydrogens is 254 g/mol. The summed E-state index contributed by atoms with van der Waals surface area (Å²) in [6, 6.07) is 7.64. The third-order valence-electron chi connectivity index (χ3n) is 3.14. The van der Waals surface area contributed by atoms with Gasteiger partial charge in [-0.1, -0.05) is 31.5 Å². The van der Waals surface area contributed by atoms with Crippen LogP contribution in [0, 0.1) is 0 Å². The topological polar surface area (TPSA) is 58.6 Å². The normalized spacial score (nSPS) is 13.6. The minimum atomic E-state index is -0.547. The smallest absolute Gasteiger partial charge is 0.260 e. The molecule has 2 N–H and O–H groups in total. The molecule has 0 bridgehead atoms. The number of rotatable bonds is 8. The van der Waals surface area contributed by atoms with E-state index in [1.807, 2.05) is 31.2 Å². The molecule has 1 rings (SSSR count). The highest BCUT2D eigenvalue weighted by molar-refractivity contribution is 5.81. The lowest BCUT2D eigenvalue weighted by molar-refractivity contribution is -0.127. The maximum absolute atomic E-state index is 12.0. The number of carbonyl (C=O) groups is 1.